The van der Waals surface area contributed by atoms with E-state index in [4.69, 9.17) is 0 Å². The summed E-state index contributed by atoms with van der Waals surface area (Å²) in [6.45, 7) is 25.8. The highest BCUT2D eigenvalue weighted by atomic mass is 16.5. The predicted octanol–water partition coefficient (Wildman–Crippen LogP) is 7.00. The molecule has 0 amide bonds. The lowest BCUT2D eigenvalue weighted by molar-refractivity contribution is -0.118. The molecule has 0 unspecified atom stereocenters. The highest BCUT2D eigenvalue weighted by Crippen LogP contribution is 2.49. The first-order valence-electron chi connectivity index (χ1n) is 11.2. The molecule has 0 heterocycles. The third kappa shape index (κ3) is 5.08. The summed E-state index contributed by atoms with van der Waals surface area (Å²) in [4.78, 5) is 0. The van der Waals surface area contributed by atoms with Gasteiger partial charge in [0.25, 0.3) is 0 Å². The molecular weight excluding hydrogens is 368 g/mol. The van der Waals surface area contributed by atoms with E-state index in [1.54, 1.807) is 0 Å². The molecule has 1 aromatic rings. The van der Waals surface area contributed by atoms with Crippen molar-refractivity contribution in [3.8, 4) is 0 Å². The first-order valence-corrected chi connectivity index (χ1v) is 11.2. The van der Waals surface area contributed by atoms with Crippen molar-refractivity contribution in [1.82, 2.24) is 0 Å². The van der Waals surface area contributed by atoms with Gasteiger partial charge in [0, 0.05) is 5.92 Å². The molecule has 1 aromatic carbocycles. The number of allylic oxidation sites excluding steroid dienone is 2. The number of benzene rings is 1. The van der Waals surface area contributed by atoms with Crippen molar-refractivity contribution < 1.29 is 10.2 Å². The zero-order valence-electron chi connectivity index (χ0n) is 21.4. The fourth-order valence-corrected chi connectivity index (χ4v) is 4.23. The van der Waals surface area contributed by atoms with Crippen molar-refractivity contribution in [2.75, 3.05) is 0 Å². The summed E-state index contributed by atoms with van der Waals surface area (Å²) in [5.41, 5.74) is 4.54. The topological polar surface area (TPSA) is 40.5 Å². The Labute approximate surface area is 185 Å². The second kappa shape index (κ2) is 7.35. The van der Waals surface area contributed by atoms with Crippen LogP contribution in [0, 0.1) is 10.8 Å². The van der Waals surface area contributed by atoms with Crippen LogP contribution in [0.5, 0.6) is 0 Å². The Morgan fingerprint density at radius 3 is 1.17 bits per heavy atom. The van der Waals surface area contributed by atoms with Gasteiger partial charge in [0.2, 0.25) is 5.79 Å². The zero-order chi connectivity index (χ0) is 23.5. The van der Waals surface area contributed by atoms with E-state index >= 15 is 0 Å². The Morgan fingerprint density at radius 2 is 0.900 bits per heavy atom. The molecule has 1 aliphatic carbocycles. The van der Waals surface area contributed by atoms with Gasteiger partial charge in [0.15, 0.2) is 0 Å². The molecule has 0 aromatic heterocycles. The fraction of sp³-hybridized carbons (Fsp3) is 0.643. The van der Waals surface area contributed by atoms with Crippen molar-refractivity contribution >= 4 is 0 Å². The van der Waals surface area contributed by atoms with Crippen LogP contribution in [0.25, 0.3) is 0 Å². The van der Waals surface area contributed by atoms with E-state index in [-0.39, 0.29) is 27.6 Å². The summed E-state index contributed by atoms with van der Waals surface area (Å²) in [6.07, 6.45) is 4.15. The van der Waals surface area contributed by atoms with Gasteiger partial charge in [-0.3, -0.25) is 0 Å². The Kier molecular flexibility index (Phi) is 6.09. The summed E-state index contributed by atoms with van der Waals surface area (Å²) < 4.78 is 0. The predicted molar refractivity (Wildman–Crippen MR) is 129 cm³/mol. The van der Waals surface area contributed by atoms with Crippen molar-refractivity contribution in [2.45, 2.75) is 106 Å². The van der Waals surface area contributed by atoms with Crippen LogP contribution in [0.15, 0.2) is 41.5 Å². The number of rotatable bonds is 1. The van der Waals surface area contributed by atoms with E-state index in [0.717, 1.165) is 0 Å². The van der Waals surface area contributed by atoms with E-state index < -0.39 is 5.79 Å². The van der Waals surface area contributed by atoms with Crippen LogP contribution in [0.3, 0.4) is 0 Å². The molecule has 0 spiro atoms. The van der Waals surface area contributed by atoms with Gasteiger partial charge in [0.1, 0.15) is 0 Å². The Balaban J connectivity index is 2.82. The van der Waals surface area contributed by atoms with E-state index in [2.05, 4.69) is 113 Å². The minimum atomic E-state index is -1.93. The average molecular weight is 413 g/mol. The van der Waals surface area contributed by atoms with Crippen LogP contribution in [0.4, 0.5) is 0 Å². The van der Waals surface area contributed by atoms with Crippen molar-refractivity contribution in [3.63, 3.8) is 0 Å². The normalized spacial score (nSPS) is 18.9. The van der Waals surface area contributed by atoms with Crippen molar-refractivity contribution in [1.29, 1.82) is 0 Å². The standard InChI is InChI=1S/C28H44O2/c1-24(2,3)20-13-18(14-21(17-20)25(4,5)6)19-15-22(26(7,8)9)28(29,30)23(16-19)27(10,11)12/h13-17,19,29-30H,1-12H3. The summed E-state index contributed by atoms with van der Waals surface area (Å²) >= 11 is 0. The highest BCUT2D eigenvalue weighted by molar-refractivity contribution is 5.48. The van der Waals surface area contributed by atoms with Crippen molar-refractivity contribution in [2.24, 2.45) is 10.8 Å². The van der Waals surface area contributed by atoms with Gasteiger partial charge in [-0.2, -0.15) is 0 Å². The van der Waals surface area contributed by atoms with Gasteiger partial charge >= 0.3 is 0 Å². The van der Waals surface area contributed by atoms with Crippen LogP contribution in [0.2, 0.25) is 0 Å². The first-order chi connectivity index (χ1) is 13.1. The van der Waals surface area contributed by atoms with E-state index in [9.17, 15) is 10.2 Å². The monoisotopic (exact) mass is 412 g/mol. The lowest BCUT2D eigenvalue weighted by Crippen LogP contribution is -2.45. The molecular formula is C28H44O2. The molecule has 2 heteroatoms. The maximum atomic E-state index is 11.2. The average Bonchev–Trinajstić information content (AvgIpc) is 2.49. The second-order valence-electron chi connectivity index (χ2n) is 13.2. The molecule has 0 bridgehead atoms. The summed E-state index contributed by atoms with van der Waals surface area (Å²) in [7, 11) is 0. The molecule has 0 aliphatic heterocycles. The fourth-order valence-electron chi connectivity index (χ4n) is 4.23. The SMILES string of the molecule is CC(C)(C)C1=CC(c2cc(C(C)(C)C)cc(C(C)(C)C)c2)C=C(C(C)(C)C)C1(O)O. The highest BCUT2D eigenvalue weighted by Gasteiger charge is 2.46. The molecule has 0 radical (unpaired) electrons. The van der Waals surface area contributed by atoms with Gasteiger partial charge < -0.3 is 10.2 Å². The van der Waals surface area contributed by atoms with Gasteiger partial charge in [-0.25, -0.2) is 0 Å². The summed E-state index contributed by atoms with van der Waals surface area (Å²) in [6, 6.07) is 6.93. The lowest BCUT2D eigenvalue weighted by Gasteiger charge is -2.44. The van der Waals surface area contributed by atoms with Crippen LogP contribution < -0.4 is 0 Å². The smallest absolute Gasteiger partial charge is 0.210 e. The van der Waals surface area contributed by atoms with E-state index in [0.29, 0.717) is 11.1 Å². The van der Waals surface area contributed by atoms with Gasteiger partial charge in [-0.15, -0.1) is 0 Å². The van der Waals surface area contributed by atoms with Crippen LogP contribution in [0.1, 0.15) is 106 Å². The third-order valence-corrected chi connectivity index (χ3v) is 6.13. The molecule has 0 atom stereocenters. The quantitative estimate of drug-likeness (QED) is 0.385. The maximum absolute atomic E-state index is 11.2. The van der Waals surface area contributed by atoms with Crippen LogP contribution >= 0.6 is 0 Å². The number of hydrogen-bond acceptors (Lipinski definition) is 2. The molecule has 2 N–H and O–H groups in total. The maximum Gasteiger partial charge on any atom is 0.210 e. The minimum absolute atomic E-state index is 0.00396. The Morgan fingerprint density at radius 1 is 0.567 bits per heavy atom. The molecule has 0 saturated heterocycles. The molecule has 2 nitrogen and oxygen atoms in total. The molecule has 168 valence electrons. The summed E-state index contributed by atoms with van der Waals surface area (Å²) in [5.74, 6) is -1.93. The van der Waals surface area contributed by atoms with E-state index in [1.165, 1.54) is 16.7 Å². The van der Waals surface area contributed by atoms with Crippen LogP contribution in [-0.2, 0) is 10.8 Å². The minimum Gasteiger partial charge on any atom is -0.359 e. The first kappa shape index (κ1) is 24.9. The molecule has 1 aliphatic rings. The van der Waals surface area contributed by atoms with Gasteiger partial charge in [-0.1, -0.05) is 113 Å². The largest absolute Gasteiger partial charge is 0.359 e. The van der Waals surface area contributed by atoms with Gasteiger partial charge in [-0.05, 0) is 49.5 Å². The summed E-state index contributed by atoms with van der Waals surface area (Å²) in [5, 5.41) is 22.4. The molecule has 2 rings (SSSR count). The molecule has 0 fully saturated rings. The van der Waals surface area contributed by atoms with Gasteiger partial charge in [0.05, 0.1) is 0 Å². The molecule has 0 saturated carbocycles. The second-order valence-corrected chi connectivity index (χ2v) is 13.2. The van der Waals surface area contributed by atoms with Crippen molar-refractivity contribution in [3.05, 3.63) is 58.2 Å². The third-order valence-electron chi connectivity index (χ3n) is 6.13. The zero-order valence-corrected chi connectivity index (χ0v) is 21.4. The molecule has 30 heavy (non-hydrogen) atoms. The Bertz CT molecular complexity index is 788. The lowest BCUT2D eigenvalue weighted by atomic mass is 9.66. The number of aliphatic hydroxyl groups is 2. The number of hydrogen-bond donors (Lipinski definition) is 2. The van der Waals surface area contributed by atoms with E-state index in [1.807, 2.05) is 0 Å². The Hall–Kier alpha value is -1.38. The van der Waals surface area contributed by atoms with Crippen LogP contribution in [-0.4, -0.2) is 16.0 Å².